The molecule has 0 heteroatoms. The van der Waals surface area contributed by atoms with Gasteiger partial charge >= 0.3 is 0 Å². The molecule has 0 radical (unpaired) electrons. The maximum atomic E-state index is 2.58. The van der Waals surface area contributed by atoms with E-state index in [-0.39, 0.29) is 5.41 Å². The molecule has 3 aromatic carbocycles. The SMILES string of the molecule is CC=C(c1ccccc1)c1ccc2c(c1)C(CCCCCCCC)(CCCCCCCC)c1cc(C)ccc1-2. The smallest absolute Gasteiger partial charge is 0.0215 e. The summed E-state index contributed by atoms with van der Waals surface area (Å²) in [7, 11) is 0. The molecule has 1 aliphatic carbocycles. The predicted molar refractivity (Wildman–Crippen MR) is 173 cm³/mol. The highest BCUT2D eigenvalue weighted by Crippen LogP contribution is 2.55. The minimum Gasteiger partial charge on any atom is -0.0792 e. The third-order valence-corrected chi connectivity index (χ3v) is 9.11. The summed E-state index contributed by atoms with van der Waals surface area (Å²) in [4.78, 5) is 0. The maximum Gasteiger partial charge on any atom is 0.0215 e. The van der Waals surface area contributed by atoms with Crippen LogP contribution < -0.4 is 0 Å². The fraction of sp³-hybridized carbons (Fsp3) is 0.487. The van der Waals surface area contributed by atoms with Crippen LogP contribution in [0.2, 0.25) is 0 Å². The zero-order valence-corrected chi connectivity index (χ0v) is 25.3. The van der Waals surface area contributed by atoms with Gasteiger partial charge in [-0.3, -0.25) is 0 Å². The first-order chi connectivity index (χ1) is 19.1. The lowest BCUT2D eigenvalue weighted by Gasteiger charge is -2.33. The second-order valence-corrected chi connectivity index (χ2v) is 12.0. The first kappa shape index (κ1) is 29.4. The van der Waals surface area contributed by atoms with Crippen molar-refractivity contribution in [2.24, 2.45) is 0 Å². The molecule has 0 bridgehead atoms. The Labute approximate surface area is 240 Å². The average Bonchev–Trinajstić information content (AvgIpc) is 3.22. The van der Waals surface area contributed by atoms with Crippen molar-refractivity contribution < 1.29 is 0 Å². The van der Waals surface area contributed by atoms with E-state index in [1.807, 2.05) is 0 Å². The molecule has 0 unspecified atom stereocenters. The van der Waals surface area contributed by atoms with Gasteiger partial charge < -0.3 is 0 Å². The fourth-order valence-corrected chi connectivity index (χ4v) is 6.97. The van der Waals surface area contributed by atoms with Gasteiger partial charge in [0, 0.05) is 5.41 Å². The van der Waals surface area contributed by atoms with Gasteiger partial charge in [0.15, 0.2) is 0 Å². The van der Waals surface area contributed by atoms with Gasteiger partial charge in [-0.05, 0) is 71.7 Å². The number of hydrogen-bond acceptors (Lipinski definition) is 0. The van der Waals surface area contributed by atoms with Crippen LogP contribution in [0.5, 0.6) is 0 Å². The van der Waals surface area contributed by atoms with Gasteiger partial charge in [-0.1, -0.05) is 163 Å². The molecule has 0 nitrogen and oxygen atoms in total. The van der Waals surface area contributed by atoms with Crippen LogP contribution in [-0.4, -0.2) is 0 Å². The summed E-state index contributed by atoms with van der Waals surface area (Å²) in [6.07, 6.45) is 21.1. The van der Waals surface area contributed by atoms with E-state index in [1.54, 1.807) is 11.1 Å². The fourth-order valence-electron chi connectivity index (χ4n) is 6.97. The second-order valence-electron chi connectivity index (χ2n) is 12.0. The largest absolute Gasteiger partial charge is 0.0792 e. The Morgan fingerprint density at radius 3 is 1.72 bits per heavy atom. The van der Waals surface area contributed by atoms with Crippen molar-refractivity contribution in [2.75, 3.05) is 0 Å². The van der Waals surface area contributed by atoms with E-state index in [4.69, 9.17) is 0 Å². The number of aryl methyl sites for hydroxylation is 1. The van der Waals surface area contributed by atoms with Crippen LogP contribution in [0, 0.1) is 6.92 Å². The van der Waals surface area contributed by atoms with E-state index in [0.29, 0.717) is 0 Å². The van der Waals surface area contributed by atoms with Crippen molar-refractivity contribution in [3.63, 3.8) is 0 Å². The topological polar surface area (TPSA) is 0 Å². The Balaban J connectivity index is 1.72. The van der Waals surface area contributed by atoms with E-state index < -0.39 is 0 Å². The number of allylic oxidation sites excluding steroid dienone is 1. The summed E-state index contributed by atoms with van der Waals surface area (Å²) < 4.78 is 0. The third-order valence-electron chi connectivity index (χ3n) is 9.11. The number of rotatable bonds is 16. The molecule has 0 amide bonds. The Kier molecular flexibility index (Phi) is 11.1. The van der Waals surface area contributed by atoms with Gasteiger partial charge in [0.2, 0.25) is 0 Å². The Hall–Kier alpha value is -2.60. The molecule has 0 N–H and O–H groups in total. The quantitative estimate of drug-likeness (QED) is 0.165. The third kappa shape index (κ3) is 6.95. The molecule has 0 aliphatic heterocycles. The number of fused-ring (bicyclic) bond motifs is 3. The second kappa shape index (κ2) is 14.7. The summed E-state index contributed by atoms with van der Waals surface area (Å²) in [5.74, 6) is 0. The lowest BCUT2D eigenvalue weighted by atomic mass is 9.70. The molecule has 0 atom stereocenters. The highest BCUT2D eigenvalue weighted by molar-refractivity contribution is 5.86. The van der Waals surface area contributed by atoms with Gasteiger partial charge in [0.25, 0.3) is 0 Å². The van der Waals surface area contributed by atoms with E-state index >= 15 is 0 Å². The van der Waals surface area contributed by atoms with E-state index in [1.165, 1.54) is 123 Å². The molecule has 0 saturated heterocycles. The van der Waals surface area contributed by atoms with Crippen LogP contribution in [0.15, 0.2) is 72.8 Å². The van der Waals surface area contributed by atoms with Crippen LogP contribution in [0.1, 0.15) is 138 Å². The molecule has 0 spiro atoms. The molecule has 0 fully saturated rings. The molecule has 0 heterocycles. The number of benzene rings is 3. The van der Waals surface area contributed by atoms with Crippen molar-refractivity contribution in [3.05, 3.63) is 101 Å². The zero-order chi connectivity index (χ0) is 27.5. The molecule has 39 heavy (non-hydrogen) atoms. The zero-order valence-electron chi connectivity index (χ0n) is 25.3. The van der Waals surface area contributed by atoms with Gasteiger partial charge in [-0.25, -0.2) is 0 Å². The molecule has 1 aliphatic rings. The Bertz CT molecular complexity index is 1180. The highest BCUT2D eigenvalue weighted by atomic mass is 14.4. The van der Waals surface area contributed by atoms with E-state index in [0.717, 1.165) is 0 Å². The molecule has 3 aromatic rings. The monoisotopic (exact) mass is 520 g/mol. The Morgan fingerprint density at radius 2 is 1.13 bits per heavy atom. The lowest BCUT2D eigenvalue weighted by molar-refractivity contribution is 0.397. The summed E-state index contributed by atoms with van der Waals surface area (Å²) in [5, 5.41) is 0. The molecular formula is C39H52. The molecular weight excluding hydrogens is 468 g/mol. The maximum absolute atomic E-state index is 2.58. The summed E-state index contributed by atoms with van der Waals surface area (Å²) >= 11 is 0. The summed E-state index contributed by atoms with van der Waals surface area (Å²) in [6.45, 7) is 9.10. The lowest BCUT2D eigenvalue weighted by Crippen LogP contribution is -2.26. The van der Waals surface area contributed by atoms with Crippen LogP contribution in [-0.2, 0) is 5.41 Å². The number of hydrogen-bond donors (Lipinski definition) is 0. The standard InChI is InChI=1S/C39H52/c1-5-8-10-12-14-19-27-39(28-20-15-13-11-9-6-2)37-29-31(4)23-25-35(37)36-26-24-33(30-38(36)39)34(7-3)32-21-17-16-18-22-32/h7,16-18,21-26,29-30H,5-6,8-15,19-20,27-28H2,1-4H3. The van der Waals surface area contributed by atoms with Gasteiger partial charge in [0.1, 0.15) is 0 Å². The summed E-state index contributed by atoms with van der Waals surface area (Å²) in [5.41, 5.74) is 11.7. The minimum absolute atomic E-state index is 0.137. The van der Waals surface area contributed by atoms with Gasteiger partial charge in [0.05, 0.1) is 0 Å². The van der Waals surface area contributed by atoms with Crippen molar-refractivity contribution in [1.29, 1.82) is 0 Å². The van der Waals surface area contributed by atoms with E-state index in [2.05, 4.69) is 101 Å². The van der Waals surface area contributed by atoms with Gasteiger partial charge in [-0.2, -0.15) is 0 Å². The van der Waals surface area contributed by atoms with Crippen LogP contribution in [0.4, 0.5) is 0 Å². The van der Waals surface area contributed by atoms with Gasteiger partial charge in [-0.15, -0.1) is 0 Å². The molecule has 4 rings (SSSR count). The molecule has 0 aromatic heterocycles. The van der Waals surface area contributed by atoms with Crippen molar-refractivity contribution in [2.45, 2.75) is 123 Å². The van der Waals surface area contributed by atoms with E-state index in [9.17, 15) is 0 Å². The first-order valence-corrected chi connectivity index (χ1v) is 16.1. The van der Waals surface area contributed by atoms with Crippen molar-refractivity contribution in [1.82, 2.24) is 0 Å². The van der Waals surface area contributed by atoms with Crippen LogP contribution >= 0.6 is 0 Å². The van der Waals surface area contributed by atoms with Crippen molar-refractivity contribution >= 4 is 5.57 Å². The van der Waals surface area contributed by atoms with Crippen LogP contribution in [0.25, 0.3) is 16.7 Å². The molecule has 0 saturated carbocycles. The Morgan fingerprint density at radius 1 is 0.590 bits per heavy atom. The highest BCUT2D eigenvalue weighted by Gasteiger charge is 2.42. The molecule has 208 valence electrons. The van der Waals surface area contributed by atoms with Crippen molar-refractivity contribution in [3.8, 4) is 11.1 Å². The predicted octanol–water partition coefficient (Wildman–Crippen LogP) is 12.2. The minimum atomic E-state index is 0.137. The number of unbranched alkanes of at least 4 members (excludes halogenated alkanes) is 10. The van der Waals surface area contributed by atoms with Crippen LogP contribution in [0.3, 0.4) is 0 Å². The normalized spacial score (nSPS) is 13.9. The average molecular weight is 521 g/mol. The first-order valence-electron chi connectivity index (χ1n) is 16.1. The summed E-state index contributed by atoms with van der Waals surface area (Å²) in [6, 6.07) is 25.6.